The average molecular weight is 260 g/mol. The summed E-state index contributed by atoms with van der Waals surface area (Å²) in [5.41, 5.74) is 0. The van der Waals surface area contributed by atoms with Gasteiger partial charge in [-0.1, -0.05) is 13.8 Å². The van der Waals surface area contributed by atoms with Crippen molar-refractivity contribution in [2.75, 3.05) is 17.2 Å². The highest BCUT2D eigenvalue weighted by atomic mass is 15.3. The summed E-state index contributed by atoms with van der Waals surface area (Å²) in [6.07, 6.45) is 3.76. The van der Waals surface area contributed by atoms with Crippen LogP contribution in [0, 0.1) is 0 Å². The largest absolute Gasteiger partial charge is 0.370 e. The number of hydrogen-bond acceptors (Lipinski definition) is 5. The summed E-state index contributed by atoms with van der Waals surface area (Å²) in [6.45, 7) is 5.08. The molecule has 0 amide bonds. The molecule has 6 heteroatoms. The Bertz CT molecular complexity index is 534. The van der Waals surface area contributed by atoms with E-state index in [0.717, 1.165) is 42.7 Å². The first-order valence-electron chi connectivity index (χ1n) is 6.59. The van der Waals surface area contributed by atoms with Crippen LogP contribution in [0.15, 0.2) is 18.3 Å². The topological polar surface area (TPSA) is 67.7 Å². The lowest BCUT2D eigenvalue weighted by atomic mass is 10.4. The normalized spacial score (nSPS) is 10.5. The van der Waals surface area contributed by atoms with Gasteiger partial charge in [0.25, 0.3) is 0 Å². The Morgan fingerprint density at radius 2 is 1.95 bits per heavy atom. The Morgan fingerprint density at radius 1 is 1.16 bits per heavy atom. The van der Waals surface area contributed by atoms with Gasteiger partial charge in [0.05, 0.1) is 0 Å². The maximum Gasteiger partial charge on any atom is 0.153 e. The fourth-order valence-corrected chi connectivity index (χ4v) is 1.68. The Balaban J connectivity index is 2.18. The van der Waals surface area contributed by atoms with Gasteiger partial charge >= 0.3 is 0 Å². The summed E-state index contributed by atoms with van der Waals surface area (Å²) in [5, 5.41) is 10.8. The van der Waals surface area contributed by atoms with Crippen LogP contribution >= 0.6 is 0 Å². The number of nitrogens with zero attached hydrogens (tertiary/aromatic N) is 4. The van der Waals surface area contributed by atoms with Gasteiger partial charge in [0.2, 0.25) is 0 Å². The second-order valence-electron chi connectivity index (χ2n) is 4.33. The first kappa shape index (κ1) is 13.3. The van der Waals surface area contributed by atoms with Crippen molar-refractivity contribution >= 4 is 17.5 Å². The molecule has 0 aliphatic rings. The summed E-state index contributed by atoms with van der Waals surface area (Å²) in [7, 11) is 1.89. The second-order valence-corrected chi connectivity index (χ2v) is 4.33. The highest BCUT2D eigenvalue weighted by molar-refractivity contribution is 5.55. The molecule has 102 valence electrons. The van der Waals surface area contributed by atoms with Crippen molar-refractivity contribution in [2.45, 2.75) is 26.7 Å². The van der Waals surface area contributed by atoms with Crippen molar-refractivity contribution in [1.82, 2.24) is 19.7 Å². The molecule has 0 saturated carbocycles. The number of anilines is 3. The Hall–Kier alpha value is -2.11. The second kappa shape index (κ2) is 6.17. The number of hydrogen-bond donors (Lipinski definition) is 2. The predicted molar refractivity (Wildman–Crippen MR) is 76.7 cm³/mol. The summed E-state index contributed by atoms with van der Waals surface area (Å²) in [6, 6.07) is 3.82. The summed E-state index contributed by atoms with van der Waals surface area (Å²) in [4.78, 5) is 8.90. The molecule has 0 saturated heterocycles. The fourth-order valence-electron chi connectivity index (χ4n) is 1.68. The number of rotatable bonds is 6. The van der Waals surface area contributed by atoms with Crippen molar-refractivity contribution in [3.05, 3.63) is 24.2 Å². The third-order valence-corrected chi connectivity index (χ3v) is 2.61. The Labute approximate surface area is 113 Å². The molecule has 0 spiro atoms. The van der Waals surface area contributed by atoms with Gasteiger partial charge in [-0.25, -0.2) is 9.97 Å². The molecular weight excluding hydrogens is 240 g/mol. The van der Waals surface area contributed by atoms with E-state index in [0.29, 0.717) is 0 Å². The predicted octanol–water partition coefficient (Wildman–Crippen LogP) is 2.34. The third-order valence-electron chi connectivity index (χ3n) is 2.61. The smallest absolute Gasteiger partial charge is 0.153 e. The van der Waals surface area contributed by atoms with E-state index < -0.39 is 0 Å². The minimum Gasteiger partial charge on any atom is -0.370 e. The number of nitrogens with one attached hydrogen (secondary N) is 2. The van der Waals surface area contributed by atoms with Gasteiger partial charge in [0, 0.05) is 38.3 Å². The summed E-state index contributed by atoms with van der Waals surface area (Å²) < 4.78 is 1.75. The molecule has 2 aromatic heterocycles. The van der Waals surface area contributed by atoms with Gasteiger partial charge in [-0.05, 0) is 6.42 Å². The van der Waals surface area contributed by atoms with E-state index in [9.17, 15) is 0 Å². The lowest BCUT2D eigenvalue weighted by molar-refractivity contribution is 0.771. The highest BCUT2D eigenvalue weighted by Crippen LogP contribution is 2.16. The molecule has 0 aliphatic carbocycles. The SMILES string of the molecule is CCCNc1cc(Nc2ccn(C)n2)nc(CC)n1. The van der Waals surface area contributed by atoms with Crippen LogP contribution in [0.5, 0.6) is 0 Å². The quantitative estimate of drug-likeness (QED) is 0.834. The number of aryl methyl sites for hydroxylation is 2. The Morgan fingerprint density at radius 3 is 2.58 bits per heavy atom. The summed E-state index contributed by atoms with van der Waals surface area (Å²) >= 11 is 0. The van der Waals surface area contributed by atoms with Gasteiger partial charge in [-0.15, -0.1) is 0 Å². The van der Waals surface area contributed by atoms with Crippen LogP contribution < -0.4 is 10.6 Å². The van der Waals surface area contributed by atoms with E-state index in [4.69, 9.17) is 0 Å². The van der Waals surface area contributed by atoms with Gasteiger partial charge in [-0.3, -0.25) is 4.68 Å². The monoisotopic (exact) mass is 260 g/mol. The van der Waals surface area contributed by atoms with E-state index in [-0.39, 0.29) is 0 Å². The fraction of sp³-hybridized carbons (Fsp3) is 0.462. The molecule has 2 aromatic rings. The van der Waals surface area contributed by atoms with Crippen molar-refractivity contribution in [1.29, 1.82) is 0 Å². The van der Waals surface area contributed by atoms with Crippen molar-refractivity contribution in [3.63, 3.8) is 0 Å². The van der Waals surface area contributed by atoms with Crippen molar-refractivity contribution in [3.8, 4) is 0 Å². The maximum atomic E-state index is 4.45. The van der Waals surface area contributed by atoms with Gasteiger partial charge < -0.3 is 10.6 Å². The minimum atomic E-state index is 0.768. The molecule has 0 atom stereocenters. The van der Waals surface area contributed by atoms with Crippen LogP contribution in [-0.4, -0.2) is 26.3 Å². The lowest BCUT2D eigenvalue weighted by Gasteiger charge is -2.09. The van der Waals surface area contributed by atoms with Crippen molar-refractivity contribution in [2.24, 2.45) is 7.05 Å². The Kier molecular flexibility index (Phi) is 4.33. The van der Waals surface area contributed by atoms with E-state index in [2.05, 4.69) is 32.6 Å². The first-order valence-corrected chi connectivity index (χ1v) is 6.59. The van der Waals surface area contributed by atoms with Crippen LogP contribution in [0.4, 0.5) is 17.5 Å². The zero-order valence-corrected chi connectivity index (χ0v) is 11.6. The highest BCUT2D eigenvalue weighted by Gasteiger charge is 2.05. The minimum absolute atomic E-state index is 0.768. The third kappa shape index (κ3) is 3.67. The van der Waals surface area contributed by atoms with E-state index in [1.165, 1.54) is 0 Å². The van der Waals surface area contributed by atoms with Crippen LogP contribution in [0.1, 0.15) is 26.1 Å². The first-order chi connectivity index (χ1) is 9.21. The summed E-state index contributed by atoms with van der Waals surface area (Å²) in [5.74, 6) is 3.22. The molecule has 0 aliphatic heterocycles. The zero-order valence-electron chi connectivity index (χ0n) is 11.6. The molecule has 6 nitrogen and oxygen atoms in total. The van der Waals surface area contributed by atoms with Gasteiger partial charge in [-0.2, -0.15) is 5.10 Å². The molecule has 0 fully saturated rings. The van der Waals surface area contributed by atoms with Crippen LogP contribution in [0.3, 0.4) is 0 Å². The molecular formula is C13H20N6. The molecule has 0 unspecified atom stereocenters. The van der Waals surface area contributed by atoms with Gasteiger partial charge in [0.1, 0.15) is 17.5 Å². The molecule has 2 N–H and O–H groups in total. The van der Waals surface area contributed by atoms with Crippen LogP contribution in [-0.2, 0) is 13.5 Å². The molecule has 19 heavy (non-hydrogen) atoms. The van der Waals surface area contributed by atoms with Crippen LogP contribution in [0.2, 0.25) is 0 Å². The molecule has 0 bridgehead atoms. The average Bonchev–Trinajstić information content (AvgIpc) is 2.81. The van der Waals surface area contributed by atoms with E-state index >= 15 is 0 Å². The molecule has 0 aromatic carbocycles. The van der Waals surface area contributed by atoms with Crippen molar-refractivity contribution < 1.29 is 0 Å². The molecule has 0 radical (unpaired) electrons. The van der Waals surface area contributed by atoms with Crippen LogP contribution in [0.25, 0.3) is 0 Å². The number of aromatic nitrogens is 4. The van der Waals surface area contributed by atoms with E-state index in [1.807, 2.05) is 32.3 Å². The standard InChI is InChI=1S/C13H20N6/c1-4-7-14-12-9-13(16-10(5-2)15-12)17-11-6-8-19(3)18-11/h6,8-9H,4-5,7H2,1-3H3,(H2,14,15,16,17,18). The lowest BCUT2D eigenvalue weighted by Crippen LogP contribution is -2.07. The van der Waals surface area contributed by atoms with Gasteiger partial charge in [0.15, 0.2) is 5.82 Å². The molecule has 2 heterocycles. The maximum absolute atomic E-state index is 4.45. The molecule has 2 rings (SSSR count). The van der Waals surface area contributed by atoms with E-state index in [1.54, 1.807) is 4.68 Å². The zero-order chi connectivity index (χ0) is 13.7.